The van der Waals surface area contributed by atoms with Gasteiger partial charge in [0.05, 0.1) is 10.8 Å². The van der Waals surface area contributed by atoms with Crippen LogP contribution < -0.4 is 5.32 Å². The highest BCUT2D eigenvalue weighted by Crippen LogP contribution is 2.18. The first-order chi connectivity index (χ1) is 19.0. The molecule has 1 amide bonds. The zero-order valence-corrected chi connectivity index (χ0v) is 25.2. The lowest BCUT2D eigenvalue weighted by Gasteiger charge is -2.08. The van der Waals surface area contributed by atoms with Crippen molar-refractivity contribution in [2.45, 2.75) is 121 Å². The summed E-state index contributed by atoms with van der Waals surface area (Å²) in [5.41, 5.74) is 2.10. The first-order valence-electron chi connectivity index (χ1n) is 15.3. The lowest BCUT2D eigenvalue weighted by Crippen LogP contribution is -2.12. The molecule has 0 spiro atoms. The summed E-state index contributed by atoms with van der Waals surface area (Å²) in [4.78, 5) is 13.3. The Labute approximate surface area is 240 Å². The van der Waals surface area contributed by atoms with Gasteiger partial charge in [0.15, 0.2) is 0 Å². The van der Waals surface area contributed by atoms with Crippen LogP contribution in [0.3, 0.4) is 0 Å². The predicted molar refractivity (Wildman–Crippen MR) is 168 cm³/mol. The average molecular weight is 554 g/mol. The number of phenols is 1. The van der Waals surface area contributed by atoms with E-state index >= 15 is 0 Å². The van der Waals surface area contributed by atoms with E-state index in [1.807, 2.05) is 24.3 Å². The van der Waals surface area contributed by atoms with Crippen LogP contribution in [-0.4, -0.2) is 21.0 Å². The summed E-state index contributed by atoms with van der Waals surface area (Å²) < 4.78 is 12.7. The van der Waals surface area contributed by atoms with Gasteiger partial charge in [-0.25, -0.2) is 0 Å². The zero-order chi connectivity index (χ0) is 28.1. The maximum atomic E-state index is 12.7. The number of nitrogens with one attached hydrogen (secondary N) is 1. The Kier molecular flexibility index (Phi) is 17.2. The molecule has 39 heavy (non-hydrogen) atoms. The maximum absolute atomic E-state index is 12.7. The Balaban J connectivity index is 1.51. The molecule has 1 atom stereocenters. The number of phenolic OH excluding ortho intramolecular Hbond substituents is 1. The van der Waals surface area contributed by atoms with E-state index in [9.17, 15) is 14.1 Å². The van der Waals surface area contributed by atoms with Crippen molar-refractivity contribution in [2.75, 3.05) is 11.1 Å². The summed E-state index contributed by atoms with van der Waals surface area (Å²) in [5, 5.41) is 12.3. The Morgan fingerprint density at radius 1 is 0.718 bits per heavy atom. The normalized spacial score (nSPS) is 12.4. The molecule has 2 aromatic carbocycles. The molecule has 0 heterocycles. The minimum Gasteiger partial charge on any atom is -0.508 e. The smallest absolute Gasteiger partial charge is 0.251 e. The van der Waals surface area contributed by atoms with Crippen LogP contribution in [-0.2, 0) is 15.6 Å². The van der Waals surface area contributed by atoms with Gasteiger partial charge in [0.1, 0.15) is 5.75 Å². The second kappa shape index (κ2) is 20.5. The highest BCUT2D eigenvalue weighted by atomic mass is 32.2. The van der Waals surface area contributed by atoms with E-state index in [2.05, 4.69) is 12.2 Å². The van der Waals surface area contributed by atoms with Gasteiger partial charge in [-0.1, -0.05) is 115 Å². The second-order valence-corrected chi connectivity index (χ2v) is 12.3. The van der Waals surface area contributed by atoms with Gasteiger partial charge in [-0.05, 0) is 61.4 Å². The van der Waals surface area contributed by atoms with Crippen LogP contribution in [0.15, 0.2) is 59.0 Å². The standard InChI is InChI=1S/C34H51NO3S/c1-3-4-5-6-7-8-9-10-11-12-13-14-15-16-17-18-27-39(38)33-25-21-31(22-26-33)35-34(37)29(2)28-30-19-23-32(36)24-20-30/h19-26,28,36H,3-18,27H2,1-2H3,(H,35,37). The van der Waals surface area contributed by atoms with E-state index < -0.39 is 10.8 Å². The molecule has 216 valence electrons. The summed E-state index contributed by atoms with van der Waals surface area (Å²) in [6.45, 7) is 4.03. The van der Waals surface area contributed by atoms with Crippen molar-refractivity contribution >= 4 is 28.5 Å². The van der Waals surface area contributed by atoms with Gasteiger partial charge in [-0.3, -0.25) is 9.00 Å². The Morgan fingerprint density at radius 2 is 1.18 bits per heavy atom. The molecule has 0 fully saturated rings. The molecule has 2 N–H and O–H groups in total. The van der Waals surface area contributed by atoms with Crippen LogP contribution in [0.5, 0.6) is 5.75 Å². The third-order valence-corrected chi connectivity index (χ3v) is 8.65. The van der Waals surface area contributed by atoms with Crippen molar-refractivity contribution in [3.63, 3.8) is 0 Å². The second-order valence-electron chi connectivity index (χ2n) is 10.8. The quantitative estimate of drug-likeness (QED) is 0.119. The van der Waals surface area contributed by atoms with Gasteiger partial charge < -0.3 is 10.4 Å². The third kappa shape index (κ3) is 15.1. The Bertz CT molecular complexity index is 983. The molecule has 2 rings (SSSR count). The first kappa shape index (κ1) is 32.8. The number of carbonyl (C=O) groups is 1. The first-order valence-corrected chi connectivity index (χ1v) is 16.6. The summed E-state index contributed by atoms with van der Waals surface area (Å²) in [7, 11) is -1.00. The molecule has 1 unspecified atom stereocenters. The molecular formula is C34H51NO3S. The Morgan fingerprint density at radius 3 is 1.67 bits per heavy atom. The lowest BCUT2D eigenvalue weighted by atomic mass is 10.0. The van der Waals surface area contributed by atoms with E-state index in [1.165, 1.54) is 89.9 Å². The van der Waals surface area contributed by atoms with Gasteiger partial charge >= 0.3 is 0 Å². The highest BCUT2D eigenvalue weighted by Gasteiger charge is 2.08. The number of hydrogen-bond donors (Lipinski definition) is 2. The SMILES string of the molecule is CCCCCCCCCCCCCCCCCCS(=O)c1ccc(NC(=O)C(C)=Cc2ccc(O)cc2)cc1. The van der Waals surface area contributed by atoms with E-state index in [-0.39, 0.29) is 11.7 Å². The number of amides is 1. The largest absolute Gasteiger partial charge is 0.508 e. The van der Waals surface area contributed by atoms with Crippen LogP contribution in [0.4, 0.5) is 5.69 Å². The maximum Gasteiger partial charge on any atom is 0.251 e. The fourth-order valence-corrected chi connectivity index (χ4v) is 5.85. The summed E-state index contributed by atoms with van der Waals surface area (Å²) in [6, 6.07) is 14.0. The minimum absolute atomic E-state index is 0.190. The topological polar surface area (TPSA) is 66.4 Å². The molecule has 0 saturated heterocycles. The average Bonchev–Trinajstić information content (AvgIpc) is 2.94. The van der Waals surface area contributed by atoms with E-state index in [0.717, 1.165) is 23.3 Å². The van der Waals surface area contributed by atoms with Crippen LogP contribution in [0, 0.1) is 0 Å². The number of anilines is 1. The van der Waals surface area contributed by atoms with E-state index in [0.29, 0.717) is 17.0 Å². The van der Waals surface area contributed by atoms with Gasteiger partial charge in [0.25, 0.3) is 5.91 Å². The van der Waals surface area contributed by atoms with Crippen molar-refractivity contribution in [3.05, 3.63) is 59.7 Å². The summed E-state index contributed by atoms with van der Waals surface area (Å²) in [6.07, 6.45) is 23.2. The van der Waals surface area contributed by atoms with Crippen LogP contribution in [0.1, 0.15) is 122 Å². The molecule has 0 aliphatic heterocycles. The molecule has 0 saturated carbocycles. The predicted octanol–water partition coefficient (Wildman–Crippen LogP) is 9.80. The van der Waals surface area contributed by atoms with Crippen molar-refractivity contribution < 1.29 is 14.1 Å². The van der Waals surface area contributed by atoms with Gasteiger partial charge in [0, 0.05) is 21.9 Å². The van der Waals surface area contributed by atoms with Gasteiger partial charge in [-0.15, -0.1) is 0 Å². The summed E-state index contributed by atoms with van der Waals surface area (Å²) >= 11 is 0. The molecule has 2 aromatic rings. The molecule has 0 radical (unpaired) electrons. The number of unbranched alkanes of at least 4 members (excludes halogenated alkanes) is 15. The van der Waals surface area contributed by atoms with E-state index in [1.54, 1.807) is 37.3 Å². The molecular weight excluding hydrogens is 502 g/mol. The highest BCUT2D eigenvalue weighted by molar-refractivity contribution is 7.85. The van der Waals surface area contributed by atoms with Crippen LogP contribution in [0.2, 0.25) is 0 Å². The van der Waals surface area contributed by atoms with Crippen molar-refractivity contribution in [1.82, 2.24) is 0 Å². The van der Waals surface area contributed by atoms with Gasteiger partial charge in [-0.2, -0.15) is 0 Å². The number of rotatable bonds is 21. The van der Waals surface area contributed by atoms with Crippen LogP contribution >= 0.6 is 0 Å². The molecule has 0 aliphatic carbocycles. The monoisotopic (exact) mass is 553 g/mol. The Hall–Kier alpha value is -2.40. The van der Waals surface area contributed by atoms with Gasteiger partial charge in [0.2, 0.25) is 0 Å². The third-order valence-electron chi connectivity index (χ3n) is 7.19. The van der Waals surface area contributed by atoms with Crippen molar-refractivity contribution in [1.29, 1.82) is 0 Å². The number of carbonyl (C=O) groups excluding carboxylic acids is 1. The number of hydrogen-bond acceptors (Lipinski definition) is 3. The zero-order valence-electron chi connectivity index (χ0n) is 24.4. The molecule has 0 bridgehead atoms. The number of aromatic hydroxyl groups is 1. The lowest BCUT2D eigenvalue weighted by molar-refractivity contribution is -0.112. The fourth-order valence-electron chi connectivity index (χ4n) is 4.70. The van der Waals surface area contributed by atoms with Crippen molar-refractivity contribution in [3.8, 4) is 5.75 Å². The number of benzene rings is 2. The molecule has 4 nitrogen and oxygen atoms in total. The molecule has 0 aromatic heterocycles. The molecule has 5 heteroatoms. The molecule has 0 aliphatic rings. The summed E-state index contributed by atoms with van der Waals surface area (Å²) in [5.74, 6) is 0.699. The fraction of sp³-hybridized carbons (Fsp3) is 0.559. The van der Waals surface area contributed by atoms with Crippen molar-refractivity contribution in [2.24, 2.45) is 0 Å². The van der Waals surface area contributed by atoms with Crippen LogP contribution in [0.25, 0.3) is 6.08 Å². The van der Waals surface area contributed by atoms with E-state index in [4.69, 9.17) is 0 Å². The minimum atomic E-state index is -1.00.